The lowest BCUT2D eigenvalue weighted by atomic mass is 9.68. The normalized spacial score (nSPS) is 37.8. The van der Waals surface area contributed by atoms with Crippen molar-refractivity contribution in [1.29, 1.82) is 0 Å². The highest BCUT2D eigenvalue weighted by Crippen LogP contribution is 2.47. The van der Waals surface area contributed by atoms with Crippen LogP contribution in [-0.2, 0) is 14.2 Å². The van der Waals surface area contributed by atoms with Gasteiger partial charge in [0.1, 0.15) is 24.1 Å². The number of aromatic nitrogens is 3. The van der Waals surface area contributed by atoms with Crippen molar-refractivity contribution in [3.8, 4) is 6.01 Å². The molecular weight excluding hydrogens is 596 g/mol. The Balaban J connectivity index is 1.22. The van der Waals surface area contributed by atoms with E-state index in [0.29, 0.717) is 82.5 Å². The minimum Gasteiger partial charge on any atom is -0.461 e. The van der Waals surface area contributed by atoms with E-state index in [1.54, 1.807) is 6.20 Å². The average Bonchev–Trinajstić information content (AvgIpc) is 3.72. The molecule has 240 valence electrons. The Labute approximate surface area is 260 Å². The predicted octanol–water partition coefficient (Wildman–Crippen LogP) is 2.17. The summed E-state index contributed by atoms with van der Waals surface area (Å²) in [6, 6.07) is 0.183. The van der Waals surface area contributed by atoms with Gasteiger partial charge in [-0.05, 0) is 31.7 Å². The molecule has 0 aromatic carbocycles. The fourth-order valence-corrected chi connectivity index (χ4v) is 8.95. The van der Waals surface area contributed by atoms with Gasteiger partial charge in [0.05, 0.1) is 55.8 Å². The third-order valence-corrected chi connectivity index (χ3v) is 11.2. The molecule has 1 saturated carbocycles. The number of nitrogens with zero attached hydrogens (tertiary/aromatic N) is 5. The molecule has 5 unspecified atom stereocenters. The highest BCUT2D eigenvalue weighted by Gasteiger charge is 2.50. The fraction of sp³-hybridized carbons (Fsp3) is 0.767. The van der Waals surface area contributed by atoms with Crippen LogP contribution in [0.2, 0.25) is 0 Å². The molecule has 0 spiro atoms. The molecule has 7 aliphatic rings. The van der Waals surface area contributed by atoms with Crippen LogP contribution in [-0.4, -0.2) is 121 Å². The first-order valence-corrected chi connectivity index (χ1v) is 16.5. The van der Waals surface area contributed by atoms with Crippen LogP contribution in [0.25, 0.3) is 10.9 Å². The number of pyridine rings is 1. The Morgan fingerprint density at radius 3 is 2.91 bits per heavy atom. The van der Waals surface area contributed by atoms with Gasteiger partial charge in [-0.1, -0.05) is 0 Å². The molecule has 6 aliphatic heterocycles. The van der Waals surface area contributed by atoms with Crippen molar-refractivity contribution in [1.82, 2.24) is 30.7 Å². The highest BCUT2D eigenvalue weighted by molar-refractivity contribution is 6.21. The van der Waals surface area contributed by atoms with E-state index < -0.39 is 12.0 Å². The second-order valence-electron chi connectivity index (χ2n) is 13.2. The topological polar surface area (TPSA) is 106 Å². The van der Waals surface area contributed by atoms with E-state index in [9.17, 15) is 4.39 Å². The molecule has 0 amide bonds. The first-order chi connectivity index (χ1) is 21.5. The van der Waals surface area contributed by atoms with Gasteiger partial charge in [0.25, 0.3) is 0 Å². The maximum atomic E-state index is 17.0. The number of hydrazine groups is 1. The minimum atomic E-state index is -0.876. The molecule has 11 nitrogen and oxygen atoms in total. The van der Waals surface area contributed by atoms with E-state index >= 15 is 4.39 Å². The van der Waals surface area contributed by atoms with Gasteiger partial charge in [0.2, 0.25) is 0 Å². The number of nitrogens with one attached hydrogen (secondary N) is 2. The van der Waals surface area contributed by atoms with Crippen LogP contribution in [0, 0.1) is 17.7 Å². The number of rotatable bonds is 3. The summed E-state index contributed by atoms with van der Waals surface area (Å²) in [5.41, 5.74) is 6.72. The highest BCUT2D eigenvalue weighted by atomic mass is 35.5. The molecule has 8 atom stereocenters. The summed E-state index contributed by atoms with van der Waals surface area (Å²) in [5, 5.41) is 0.284. The molecule has 2 aromatic rings. The average molecular weight is 636 g/mol. The van der Waals surface area contributed by atoms with Gasteiger partial charge in [-0.25, -0.2) is 8.78 Å². The van der Waals surface area contributed by atoms with Gasteiger partial charge in [-0.3, -0.25) is 20.7 Å². The van der Waals surface area contributed by atoms with Crippen molar-refractivity contribution in [3.05, 3.63) is 17.7 Å². The van der Waals surface area contributed by atoms with Gasteiger partial charge < -0.3 is 23.8 Å². The van der Waals surface area contributed by atoms with Crippen LogP contribution < -0.4 is 20.5 Å². The van der Waals surface area contributed by atoms with Crippen LogP contribution in [0.1, 0.15) is 37.3 Å². The van der Waals surface area contributed by atoms with Gasteiger partial charge in [0, 0.05) is 62.1 Å². The smallest absolute Gasteiger partial charge is 0.319 e. The maximum absolute atomic E-state index is 17.0. The van der Waals surface area contributed by atoms with Gasteiger partial charge in [-0.2, -0.15) is 9.97 Å². The molecule has 6 bridgehead atoms. The number of halogens is 3. The largest absolute Gasteiger partial charge is 0.461 e. The minimum absolute atomic E-state index is 0.0775. The predicted molar refractivity (Wildman–Crippen MR) is 158 cm³/mol. The Hall–Kier alpha value is -2.00. The molecule has 44 heavy (non-hydrogen) atoms. The molecule has 8 heterocycles. The third-order valence-electron chi connectivity index (χ3n) is 10.6. The van der Waals surface area contributed by atoms with E-state index in [0.717, 1.165) is 25.8 Å². The number of hydrogen-bond donors (Lipinski definition) is 2. The first-order valence-electron chi connectivity index (χ1n) is 16.0. The van der Waals surface area contributed by atoms with E-state index in [4.69, 9.17) is 40.5 Å². The molecule has 9 rings (SSSR count). The van der Waals surface area contributed by atoms with Crippen LogP contribution in [0.15, 0.2) is 6.20 Å². The van der Waals surface area contributed by atoms with E-state index in [-0.39, 0.29) is 58.9 Å². The SMILES string of the molecule is Fc1c2ncc3c(nc(OC[C@@]45CCCN4C[C@H](F)C5)nc13)N1CCO[C@@H](COCCOCC3C(Cl)CC4NNCC4C23)C1. The molecule has 4 saturated heterocycles. The molecule has 0 radical (unpaired) electrons. The Morgan fingerprint density at radius 2 is 2.00 bits per heavy atom. The fourth-order valence-electron chi connectivity index (χ4n) is 8.53. The van der Waals surface area contributed by atoms with Crippen molar-refractivity contribution >= 4 is 28.3 Å². The van der Waals surface area contributed by atoms with E-state index in [2.05, 4.69) is 25.6 Å². The summed E-state index contributed by atoms with van der Waals surface area (Å²) in [4.78, 5) is 18.6. The van der Waals surface area contributed by atoms with E-state index in [1.807, 2.05) is 0 Å². The lowest BCUT2D eigenvalue weighted by Crippen LogP contribution is -2.47. The maximum Gasteiger partial charge on any atom is 0.319 e. The number of ether oxygens (including phenoxy) is 4. The number of hydrogen-bond acceptors (Lipinski definition) is 11. The molecule has 2 aromatic heterocycles. The van der Waals surface area contributed by atoms with Crippen molar-refractivity contribution < 1.29 is 27.7 Å². The number of alkyl halides is 2. The Bertz CT molecular complexity index is 1380. The molecule has 14 heteroatoms. The van der Waals surface area contributed by atoms with Crippen molar-refractivity contribution in [2.45, 2.75) is 60.8 Å². The summed E-state index contributed by atoms with van der Waals surface area (Å²) in [5.74, 6) is -0.293. The molecule has 5 fully saturated rings. The van der Waals surface area contributed by atoms with Gasteiger partial charge in [-0.15, -0.1) is 11.6 Å². The van der Waals surface area contributed by atoms with Crippen LogP contribution in [0.3, 0.4) is 0 Å². The van der Waals surface area contributed by atoms with Crippen molar-refractivity contribution in [2.24, 2.45) is 11.8 Å². The van der Waals surface area contributed by atoms with E-state index in [1.165, 1.54) is 0 Å². The summed E-state index contributed by atoms with van der Waals surface area (Å²) in [6.45, 7) is 5.36. The third kappa shape index (κ3) is 5.22. The lowest BCUT2D eigenvalue weighted by Gasteiger charge is -2.42. The first kappa shape index (κ1) is 29.4. The standard InChI is InChI=1S/C30H40ClF2N7O4/c31-22-8-23-19(11-35-38-23)24-21(22)15-42-7-6-41-14-18-13-39(4-5-43-18)28-20-10-34-27(24)25(33)26(20)36-29(37-28)44-16-30-2-1-3-40(30)12-17(32)9-30/h10,17-19,21-24,35,38H,1-9,11-16H2/t17-,18-,19?,21?,22?,23?,24?,30+/m1/s1. The van der Waals surface area contributed by atoms with Gasteiger partial charge in [0.15, 0.2) is 5.82 Å². The van der Waals surface area contributed by atoms with Crippen molar-refractivity contribution in [3.63, 3.8) is 0 Å². The monoisotopic (exact) mass is 635 g/mol. The second-order valence-corrected chi connectivity index (χ2v) is 13.8. The number of anilines is 1. The molecule has 2 N–H and O–H groups in total. The van der Waals surface area contributed by atoms with Crippen molar-refractivity contribution in [2.75, 3.05) is 77.3 Å². The Kier molecular flexibility index (Phi) is 8.01. The number of morpholine rings is 1. The zero-order valence-electron chi connectivity index (χ0n) is 24.7. The molecule has 1 aliphatic carbocycles. The molecular formula is C30H40ClF2N7O4. The Morgan fingerprint density at radius 1 is 1.11 bits per heavy atom. The summed E-state index contributed by atoms with van der Waals surface area (Å²) >= 11 is 6.98. The van der Waals surface area contributed by atoms with Gasteiger partial charge >= 0.3 is 6.01 Å². The zero-order valence-corrected chi connectivity index (χ0v) is 25.5. The summed E-state index contributed by atoms with van der Waals surface area (Å²) in [7, 11) is 0. The number of fused-ring (bicyclic) bond motifs is 8. The van der Waals surface area contributed by atoms with Crippen LogP contribution in [0.5, 0.6) is 6.01 Å². The lowest BCUT2D eigenvalue weighted by molar-refractivity contribution is -0.0413. The quantitative estimate of drug-likeness (QED) is 0.485. The summed E-state index contributed by atoms with van der Waals surface area (Å²) < 4.78 is 55.7. The zero-order chi connectivity index (χ0) is 29.8. The second kappa shape index (κ2) is 12.0. The van der Waals surface area contributed by atoms with Crippen LogP contribution >= 0.6 is 11.6 Å². The summed E-state index contributed by atoms with van der Waals surface area (Å²) in [6.07, 6.45) is 3.66. The van der Waals surface area contributed by atoms with Crippen LogP contribution in [0.4, 0.5) is 14.6 Å².